The van der Waals surface area contributed by atoms with E-state index in [0.29, 0.717) is 12.4 Å². The zero-order valence-corrected chi connectivity index (χ0v) is 14.1. The van der Waals surface area contributed by atoms with Gasteiger partial charge in [-0.1, -0.05) is 26.0 Å². The Morgan fingerprint density at radius 1 is 1.35 bits per heavy atom. The zero-order valence-electron chi connectivity index (χ0n) is 13.3. The lowest BCUT2D eigenvalue weighted by molar-refractivity contribution is 0.0930. The van der Waals surface area contributed by atoms with Gasteiger partial charge >= 0.3 is 0 Å². The summed E-state index contributed by atoms with van der Waals surface area (Å²) >= 11 is 0. The lowest BCUT2D eigenvalue weighted by Gasteiger charge is -2.08. The van der Waals surface area contributed by atoms with Crippen molar-refractivity contribution in [1.29, 1.82) is 0 Å². The summed E-state index contributed by atoms with van der Waals surface area (Å²) in [5.74, 6) is -0.324. The Balaban J connectivity index is 0.00000264. The number of para-hydroxylation sites is 1. The smallest absolute Gasteiger partial charge is 0.291 e. The number of aromatic nitrogens is 3. The van der Waals surface area contributed by atoms with Crippen molar-refractivity contribution < 1.29 is 9.18 Å². The van der Waals surface area contributed by atoms with Crippen molar-refractivity contribution >= 4 is 18.3 Å². The fourth-order valence-corrected chi connectivity index (χ4v) is 1.94. The summed E-state index contributed by atoms with van der Waals surface area (Å²) in [5.41, 5.74) is 5.75. The summed E-state index contributed by atoms with van der Waals surface area (Å²) in [6.07, 6.45) is 0. The SMILES string of the molecule is CC(C)c1nc(C(=O)N[C@@H](C)CN)nn1-c1ccccc1F.Cl. The number of nitrogens with zero attached hydrogens (tertiary/aromatic N) is 3. The minimum absolute atomic E-state index is 0. The van der Waals surface area contributed by atoms with Crippen molar-refractivity contribution in [2.24, 2.45) is 5.73 Å². The van der Waals surface area contributed by atoms with Gasteiger partial charge in [-0.05, 0) is 19.1 Å². The van der Waals surface area contributed by atoms with Crippen molar-refractivity contribution in [1.82, 2.24) is 20.1 Å². The third kappa shape index (κ3) is 4.27. The van der Waals surface area contributed by atoms with Crippen LogP contribution in [0.3, 0.4) is 0 Å². The van der Waals surface area contributed by atoms with E-state index in [1.54, 1.807) is 25.1 Å². The van der Waals surface area contributed by atoms with Crippen LogP contribution in [0.4, 0.5) is 4.39 Å². The number of nitrogens with two attached hydrogens (primary N) is 1. The Morgan fingerprint density at radius 2 is 2.00 bits per heavy atom. The van der Waals surface area contributed by atoms with Gasteiger partial charge < -0.3 is 11.1 Å². The van der Waals surface area contributed by atoms with Crippen LogP contribution in [0, 0.1) is 5.82 Å². The summed E-state index contributed by atoms with van der Waals surface area (Å²) in [6.45, 7) is 5.92. The third-order valence-electron chi connectivity index (χ3n) is 3.16. The fourth-order valence-electron chi connectivity index (χ4n) is 1.94. The molecule has 2 rings (SSSR count). The maximum atomic E-state index is 14.0. The normalized spacial score (nSPS) is 11.9. The molecule has 0 fully saturated rings. The molecule has 1 aromatic heterocycles. The largest absolute Gasteiger partial charge is 0.346 e. The summed E-state index contributed by atoms with van der Waals surface area (Å²) in [7, 11) is 0. The molecule has 1 amide bonds. The van der Waals surface area contributed by atoms with Gasteiger partial charge in [-0.2, -0.15) is 0 Å². The van der Waals surface area contributed by atoms with Crippen LogP contribution in [-0.4, -0.2) is 33.3 Å². The van der Waals surface area contributed by atoms with Crippen molar-refractivity contribution in [3.05, 3.63) is 41.7 Å². The molecule has 23 heavy (non-hydrogen) atoms. The van der Waals surface area contributed by atoms with E-state index in [-0.39, 0.29) is 35.9 Å². The molecule has 0 aliphatic carbocycles. The summed E-state index contributed by atoms with van der Waals surface area (Å²) in [6, 6.07) is 6.06. The van der Waals surface area contributed by atoms with E-state index in [0.717, 1.165) is 0 Å². The summed E-state index contributed by atoms with van der Waals surface area (Å²) in [4.78, 5) is 16.4. The molecule has 0 saturated carbocycles. The molecule has 0 spiro atoms. The topological polar surface area (TPSA) is 85.8 Å². The second-order valence-electron chi connectivity index (χ2n) is 5.42. The van der Waals surface area contributed by atoms with Gasteiger partial charge in [0.25, 0.3) is 5.91 Å². The molecular formula is C15H21ClFN5O. The zero-order chi connectivity index (χ0) is 16.3. The predicted molar refractivity (Wildman–Crippen MR) is 88.6 cm³/mol. The molecule has 0 aliphatic heterocycles. The number of amides is 1. The van der Waals surface area contributed by atoms with Crippen LogP contribution in [0.1, 0.15) is 43.1 Å². The van der Waals surface area contributed by atoms with Crippen LogP contribution in [-0.2, 0) is 0 Å². The lowest BCUT2D eigenvalue weighted by atomic mass is 10.2. The number of carbonyl (C=O) groups excluding carboxylic acids is 1. The number of rotatable bonds is 5. The van der Waals surface area contributed by atoms with Crippen molar-refractivity contribution in [2.75, 3.05) is 6.54 Å². The lowest BCUT2D eigenvalue weighted by Crippen LogP contribution is -2.38. The van der Waals surface area contributed by atoms with Gasteiger partial charge in [0.2, 0.25) is 5.82 Å². The fraction of sp³-hybridized carbons (Fsp3) is 0.400. The van der Waals surface area contributed by atoms with E-state index in [4.69, 9.17) is 5.73 Å². The van der Waals surface area contributed by atoms with E-state index in [2.05, 4.69) is 15.4 Å². The van der Waals surface area contributed by atoms with Gasteiger partial charge in [-0.3, -0.25) is 4.79 Å². The molecule has 0 bridgehead atoms. The molecule has 1 heterocycles. The molecule has 0 aliphatic rings. The highest BCUT2D eigenvalue weighted by Crippen LogP contribution is 2.19. The molecule has 0 radical (unpaired) electrons. The van der Waals surface area contributed by atoms with Gasteiger partial charge in [-0.15, -0.1) is 17.5 Å². The van der Waals surface area contributed by atoms with E-state index < -0.39 is 11.7 Å². The molecule has 126 valence electrons. The molecule has 1 atom stereocenters. The van der Waals surface area contributed by atoms with E-state index in [9.17, 15) is 9.18 Å². The molecule has 1 aromatic carbocycles. The summed E-state index contributed by atoms with van der Waals surface area (Å²) in [5, 5.41) is 6.86. The van der Waals surface area contributed by atoms with E-state index in [1.165, 1.54) is 10.7 Å². The predicted octanol–water partition coefficient (Wildman–Crippen LogP) is 2.03. The van der Waals surface area contributed by atoms with Crippen LogP contribution >= 0.6 is 12.4 Å². The Labute approximate surface area is 140 Å². The van der Waals surface area contributed by atoms with Crippen molar-refractivity contribution in [3.8, 4) is 5.69 Å². The highest BCUT2D eigenvalue weighted by Gasteiger charge is 2.21. The standard InChI is InChI=1S/C15H20FN5O.ClH/c1-9(2)14-19-13(15(22)18-10(3)8-17)20-21(14)12-7-5-4-6-11(12)16;/h4-7,9-10H,8,17H2,1-3H3,(H,18,22);1H/t10-;/m0./s1. The molecule has 6 nitrogen and oxygen atoms in total. The average molecular weight is 342 g/mol. The molecule has 8 heteroatoms. The first kappa shape index (κ1) is 19.1. The van der Waals surface area contributed by atoms with Gasteiger partial charge in [0.15, 0.2) is 0 Å². The Morgan fingerprint density at radius 3 is 2.57 bits per heavy atom. The van der Waals surface area contributed by atoms with Gasteiger partial charge in [-0.25, -0.2) is 14.1 Å². The van der Waals surface area contributed by atoms with E-state index >= 15 is 0 Å². The molecule has 0 unspecified atom stereocenters. The van der Waals surface area contributed by atoms with Crippen LogP contribution in [0.2, 0.25) is 0 Å². The Bertz CT molecular complexity index is 674. The van der Waals surface area contributed by atoms with Gasteiger partial charge in [0, 0.05) is 18.5 Å². The molecular weight excluding hydrogens is 321 g/mol. The number of nitrogens with one attached hydrogen (secondary N) is 1. The van der Waals surface area contributed by atoms with E-state index in [1.807, 2.05) is 13.8 Å². The second kappa shape index (κ2) is 8.03. The van der Waals surface area contributed by atoms with Crippen LogP contribution in [0.15, 0.2) is 24.3 Å². The molecule has 3 N–H and O–H groups in total. The first-order valence-electron chi connectivity index (χ1n) is 7.16. The number of halogens is 2. The number of carbonyl (C=O) groups is 1. The maximum absolute atomic E-state index is 14.0. The minimum atomic E-state index is -0.421. The first-order chi connectivity index (χ1) is 10.4. The third-order valence-corrected chi connectivity index (χ3v) is 3.16. The Kier molecular flexibility index (Phi) is 6.65. The van der Waals surface area contributed by atoms with Gasteiger partial charge in [0.05, 0.1) is 0 Å². The monoisotopic (exact) mass is 341 g/mol. The van der Waals surface area contributed by atoms with Gasteiger partial charge in [0.1, 0.15) is 17.3 Å². The number of hydrogen-bond acceptors (Lipinski definition) is 4. The average Bonchev–Trinajstić information content (AvgIpc) is 2.92. The number of benzene rings is 1. The number of hydrogen-bond donors (Lipinski definition) is 2. The van der Waals surface area contributed by atoms with Crippen LogP contribution < -0.4 is 11.1 Å². The quantitative estimate of drug-likeness (QED) is 0.871. The highest BCUT2D eigenvalue weighted by molar-refractivity contribution is 5.90. The van der Waals surface area contributed by atoms with Crippen LogP contribution in [0.5, 0.6) is 0 Å². The first-order valence-corrected chi connectivity index (χ1v) is 7.16. The van der Waals surface area contributed by atoms with Crippen molar-refractivity contribution in [3.63, 3.8) is 0 Å². The highest BCUT2D eigenvalue weighted by atomic mass is 35.5. The molecule has 0 saturated heterocycles. The second-order valence-corrected chi connectivity index (χ2v) is 5.42. The van der Waals surface area contributed by atoms with Crippen molar-refractivity contribution in [2.45, 2.75) is 32.7 Å². The molecule has 2 aromatic rings. The minimum Gasteiger partial charge on any atom is -0.346 e. The van der Waals surface area contributed by atoms with Crippen LogP contribution in [0.25, 0.3) is 5.69 Å². The Hall–Kier alpha value is -1.99. The maximum Gasteiger partial charge on any atom is 0.291 e. The summed E-state index contributed by atoms with van der Waals surface area (Å²) < 4.78 is 15.4.